The summed E-state index contributed by atoms with van der Waals surface area (Å²) in [4.78, 5) is 28.7. The highest BCUT2D eigenvalue weighted by molar-refractivity contribution is 5.93. The lowest BCUT2D eigenvalue weighted by atomic mass is 9.42. The minimum absolute atomic E-state index is 0.120. The van der Waals surface area contributed by atoms with Crippen molar-refractivity contribution in [1.29, 1.82) is 0 Å². The molecule has 194 valence electrons. The Kier molecular flexibility index (Phi) is 5.71. The molecule has 5 nitrogen and oxygen atoms in total. The molecular formula is C33H33NO4. The highest BCUT2D eigenvalue weighted by Gasteiger charge is 2.70. The fraction of sp³-hybridized carbons (Fsp3) is 0.333. The summed E-state index contributed by atoms with van der Waals surface area (Å²) < 4.78 is 5.43. The van der Waals surface area contributed by atoms with Gasteiger partial charge >= 0.3 is 5.97 Å². The second-order valence-corrected chi connectivity index (χ2v) is 11.1. The summed E-state index contributed by atoms with van der Waals surface area (Å²) in [6, 6.07) is 22.5. The van der Waals surface area contributed by atoms with E-state index in [2.05, 4.69) is 50.2 Å². The standard InChI is InChI=1S/C33H33NO4/c1-21-12-14-24(18-22(21)2)32-17-16-27(25-9-5-6-10-26(25)32)33(31(36)37)20-34(19-29(32)33)30(35)15-13-23-8-4-7-11-28(23)38-3/h4-15,18,27,29H,16-17,19-20H2,1-3H3,(H,36,37)/b15-13+/t27-,29-,32-,33-/m0/s1. The Morgan fingerprint density at radius 2 is 1.79 bits per heavy atom. The molecule has 7 rings (SSSR count). The Bertz CT molecular complexity index is 1480. The molecule has 0 spiro atoms. The van der Waals surface area contributed by atoms with Gasteiger partial charge in [-0.3, -0.25) is 9.59 Å². The van der Waals surface area contributed by atoms with E-state index in [1.54, 1.807) is 24.2 Å². The van der Waals surface area contributed by atoms with Gasteiger partial charge in [0.25, 0.3) is 0 Å². The van der Waals surface area contributed by atoms with Gasteiger partial charge in [-0.25, -0.2) is 0 Å². The number of carbonyl (C=O) groups is 2. The molecule has 0 aromatic heterocycles. The maximum atomic E-state index is 13.6. The van der Waals surface area contributed by atoms with Crippen LogP contribution in [0.15, 0.2) is 72.8 Å². The van der Waals surface area contributed by atoms with Gasteiger partial charge in [0, 0.05) is 42.0 Å². The second-order valence-electron chi connectivity index (χ2n) is 11.1. The molecular weight excluding hydrogens is 474 g/mol. The molecule has 1 aliphatic heterocycles. The van der Waals surface area contributed by atoms with Gasteiger partial charge in [0.2, 0.25) is 5.91 Å². The molecule has 5 heteroatoms. The third-order valence-corrected chi connectivity index (χ3v) is 9.61. The van der Waals surface area contributed by atoms with Gasteiger partial charge in [0.1, 0.15) is 5.75 Å². The Hall–Kier alpha value is -3.86. The van der Waals surface area contributed by atoms with Crippen LogP contribution in [0.1, 0.15) is 52.1 Å². The summed E-state index contributed by atoms with van der Waals surface area (Å²) in [7, 11) is 1.61. The fourth-order valence-electron chi connectivity index (χ4n) is 7.71. The number of ether oxygens (including phenoxy) is 1. The quantitative estimate of drug-likeness (QED) is 0.448. The van der Waals surface area contributed by atoms with Crippen LogP contribution in [0.3, 0.4) is 0 Å². The van der Waals surface area contributed by atoms with E-state index in [4.69, 9.17) is 4.74 Å². The normalized spacial score (nSPS) is 27.3. The molecule has 2 fully saturated rings. The van der Waals surface area contributed by atoms with Crippen molar-refractivity contribution >= 4 is 18.0 Å². The molecule has 3 aromatic rings. The number of likely N-dealkylation sites (tertiary alicyclic amines) is 1. The van der Waals surface area contributed by atoms with Gasteiger partial charge in [-0.2, -0.15) is 0 Å². The lowest BCUT2D eigenvalue weighted by Gasteiger charge is -2.59. The van der Waals surface area contributed by atoms with Crippen LogP contribution in [0.2, 0.25) is 0 Å². The van der Waals surface area contributed by atoms with E-state index in [1.807, 2.05) is 30.3 Å². The first-order valence-electron chi connectivity index (χ1n) is 13.3. The van der Waals surface area contributed by atoms with Crippen molar-refractivity contribution in [3.63, 3.8) is 0 Å². The molecule has 2 bridgehead atoms. The molecule has 3 aliphatic carbocycles. The number of carboxylic acids is 1. The molecule has 1 saturated carbocycles. The summed E-state index contributed by atoms with van der Waals surface area (Å²) in [5.74, 6) is -0.600. The van der Waals surface area contributed by atoms with E-state index in [0.29, 0.717) is 12.3 Å². The van der Waals surface area contributed by atoms with Gasteiger partial charge in [-0.15, -0.1) is 0 Å². The zero-order chi connectivity index (χ0) is 26.7. The first kappa shape index (κ1) is 24.5. The van der Waals surface area contributed by atoms with Gasteiger partial charge in [0.15, 0.2) is 0 Å². The highest BCUT2D eigenvalue weighted by Crippen LogP contribution is 2.69. The number of fused-ring (bicyclic) bond motifs is 1. The number of aryl methyl sites for hydroxylation is 2. The average Bonchev–Trinajstić information content (AvgIpc) is 3.38. The smallest absolute Gasteiger partial charge is 0.312 e. The van der Waals surface area contributed by atoms with E-state index >= 15 is 0 Å². The van der Waals surface area contributed by atoms with Crippen molar-refractivity contribution in [2.75, 3.05) is 20.2 Å². The lowest BCUT2D eigenvalue weighted by Crippen LogP contribution is -2.60. The van der Waals surface area contributed by atoms with Crippen molar-refractivity contribution in [2.45, 2.75) is 38.0 Å². The van der Waals surface area contributed by atoms with Crippen molar-refractivity contribution in [3.05, 3.63) is 106 Å². The first-order valence-corrected chi connectivity index (χ1v) is 13.3. The topological polar surface area (TPSA) is 66.8 Å². The number of carbonyl (C=O) groups excluding carboxylic acids is 1. The maximum Gasteiger partial charge on any atom is 0.312 e. The predicted octanol–water partition coefficient (Wildman–Crippen LogP) is 5.73. The number of hydrogen-bond donors (Lipinski definition) is 1. The van der Waals surface area contributed by atoms with Crippen LogP contribution in [0.25, 0.3) is 6.08 Å². The van der Waals surface area contributed by atoms with E-state index in [0.717, 1.165) is 24.0 Å². The molecule has 1 saturated heterocycles. The molecule has 1 N–H and O–H groups in total. The minimum Gasteiger partial charge on any atom is -0.496 e. The maximum absolute atomic E-state index is 13.6. The second kappa shape index (κ2) is 8.87. The summed E-state index contributed by atoms with van der Waals surface area (Å²) in [5.41, 5.74) is 5.29. The highest BCUT2D eigenvalue weighted by atomic mass is 16.5. The minimum atomic E-state index is -1.03. The number of benzene rings is 3. The monoisotopic (exact) mass is 507 g/mol. The lowest BCUT2D eigenvalue weighted by molar-refractivity contribution is -0.157. The number of rotatable bonds is 5. The number of nitrogens with zero attached hydrogens (tertiary/aromatic N) is 1. The Balaban J connectivity index is 1.46. The Morgan fingerprint density at radius 1 is 1.03 bits per heavy atom. The Labute approximate surface area is 223 Å². The SMILES string of the molecule is COc1ccccc1/C=C/C(=O)N1C[C@H]2[C@]3(c4ccc(C)c(C)c4)CC[C@@H](c4ccccc43)[C@@]2(C(=O)O)C1. The molecule has 1 amide bonds. The number of hydrogen-bond acceptors (Lipinski definition) is 3. The van der Waals surface area contributed by atoms with Crippen LogP contribution in [0, 0.1) is 25.2 Å². The summed E-state index contributed by atoms with van der Waals surface area (Å²) >= 11 is 0. The van der Waals surface area contributed by atoms with E-state index in [9.17, 15) is 14.7 Å². The molecule has 0 radical (unpaired) electrons. The van der Waals surface area contributed by atoms with Crippen LogP contribution in [-0.2, 0) is 15.0 Å². The van der Waals surface area contributed by atoms with E-state index in [1.165, 1.54) is 22.3 Å². The van der Waals surface area contributed by atoms with Crippen molar-refractivity contribution in [3.8, 4) is 5.75 Å². The average molecular weight is 508 g/mol. The van der Waals surface area contributed by atoms with Crippen LogP contribution in [-0.4, -0.2) is 42.1 Å². The van der Waals surface area contributed by atoms with E-state index in [-0.39, 0.29) is 24.3 Å². The van der Waals surface area contributed by atoms with E-state index < -0.39 is 16.8 Å². The zero-order valence-corrected chi connectivity index (χ0v) is 22.1. The molecule has 4 atom stereocenters. The third-order valence-electron chi connectivity index (χ3n) is 9.61. The number of aliphatic carboxylic acids is 1. The van der Waals surface area contributed by atoms with Gasteiger partial charge in [0.05, 0.1) is 12.5 Å². The van der Waals surface area contributed by atoms with Crippen LogP contribution < -0.4 is 4.74 Å². The van der Waals surface area contributed by atoms with Crippen LogP contribution >= 0.6 is 0 Å². The summed E-state index contributed by atoms with van der Waals surface area (Å²) in [6.07, 6.45) is 5.00. The molecule has 1 heterocycles. The first-order chi connectivity index (χ1) is 18.3. The number of amides is 1. The molecule has 38 heavy (non-hydrogen) atoms. The van der Waals surface area contributed by atoms with Crippen molar-refractivity contribution in [1.82, 2.24) is 4.90 Å². The number of para-hydroxylation sites is 1. The van der Waals surface area contributed by atoms with Crippen LogP contribution in [0.4, 0.5) is 0 Å². The fourth-order valence-corrected chi connectivity index (χ4v) is 7.71. The van der Waals surface area contributed by atoms with Crippen molar-refractivity contribution < 1.29 is 19.4 Å². The third kappa shape index (κ3) is 3.30. The predicted molar refractivity (Wildman–Crippen MR) is 147 cm³/mol. The van der Waals surface area contributed by atoms with Crippen molar-refractivity contribution in [2.24, 2.45) is 11.3 Å². The molecule has 4 aliphatic rings. The molecule has 0 unspecified atom stereocenters. The van der Waals surface area contributed by atoms with Gasteiger partial charge in [-0.05, 0) is 66.6 Å². The summed E-state index contributed by atoms with van der Waals surface area (Å²) in [5, 5.41) is 10.9. The largest absolute Gasteiger partial charge is 0.496 e. The Morgan fingerprint density at radius 3 is 2.55 bits per heavy atom. The van der Waals surface area contributed by atoms with Gasteiger partial charge < -0.3 is 14.7 Å². The summed E-state index contributed by atoms with van der Waals surface area (Å²) in [6.45, 7) is 4.86. The number of carboxylic acid groups (broad SMARTS) is 1. The number of methoxy groups -OCH3 is 1. The van der Waals surface area contributed by atoms with Crippen LogP contribution in [0.5, 0.6) is 5.75 Å². The van der Waals surface area contributed by atoms with Gasteiger partial charge in [-0.1, -0.05) is 60.7 Å². The zero-order valence-electron chi connectivity index (χ0n) is 22.1. The molecule has 3 aromatic carbocycles.